The minimum absolute atomic E-state index is 0.235. The Morgan fingerprint density at radius 2 is 2.13 bits per heavy atom. The van der Waals surface area contributed by atoms with E-state index in [0.29, 0.717) is 11.7 Å². The molecule has 120 valence electrons. The molecule has 0 saturated carbocycles. The predicted octanol–water partition coefficient (Wildman–Crippen LogP) is 2.95. The molecule has 6 heteroatoms. The summed E-state index contributed by atoms with van der Waals surface area (Å²) in [6.07, 6.45) is 1.50. The van der Waals surface area contributed by atoms with Crippen LogP contribution in [0, 0.1) is 11.3 Å². The number of nitriles is 1. The Balaban J connectivity index is 1.97. The second-order valence-electron chi connectivity index (χ2n) is 6.54. The van der Waals surface area contributed by atoms with Crippen LogP contribution in [0.15, 0.2) is 35.3 Å². The molecule has 1 aromatic carbocycles. The summed E-state index contributed by atoms with van der Waals surface area (Å²) in [4.78, 5) is 6.52. The van der Waals surface area contributed by atoms with Crippen molar-refractivity contribution < 1.29 is 4.74 Å². The molecule has 2 aliphatic heterocycles. The van der Waals surface area contributed by atoms with Gasteiger partial charge in [-0.25, -0.2) is 4.99 Å². The number of nitrogens with one attached hydrogen (secondary N) is 1. The SMILES string of the molecule is CC1(C)C[C@@]2(CCO1)C(Nc1ccccc1)=NC(=S)N2CC#N. The molecule has 0 unspecified atom stereocenters. The topological polar surface area (TPSA) is 60.6 Å². The van der Waals surface area contributed by atoms with E-state index >= 15 is 0 Å². The Labute approximate surface area is 142 Å². The van der Waals surface area contributed by atoms with E-state index in [-0.39, 0.29) is 12.1 Å². The summed E-state index contributed by atoms with van der Waals surface area (Å²) in [5, 5.41) is 13.1. The quantitative estimate of drug-likeness (QED) is 0.668. The van der Waals surface area contributed by atoms with E-state index in [1.807, 2.05) is 35.2 Å². The Morgan fingerprint density at radius 3 is 2.78 bits per heavy atom. The molecule has 1 spiro atoms. The molecule has 0 radical (unpaired) electrons. The third kappa shape index (κ3) is 2.94. The van der Waals surface area contributed by atoms with Gasteiger partial charge in [0.25, 0.3) is 0 Å². The minimum atomic E-state index is -0.398. The second kappa shape index (κ2) is 5.91. The summed E-state index contributed by atoms with van der Waals surface area (Å²) in [5.74, 6) is 0.820. The highest BCUT2D eigenvalue weighted by molar-refractivity contribution is 7.80. The normalized spacial score (nSPS) is 26.0. The summed E-state index contributed by atoms with van der Waals surface area (Å²) < 4.78 is 5.88. The van der Waals surface area contributed by atoms with Gasteiger partial charge in [0.05, 0.1) is 11.7 Å². The largest absolute Gasteiger partial charge is 0.375 e. The van der Waals surface area contributed by atoms with Crippen LogP contribution in [0.4, 0.5) is 5.69 Å². The van der Waals surface area contributed by atoms with Crippen molar-refractivity contribution in [1.82, 2.24) is 4.90 Å². The summed E-state index contributed by atoms with van der Waals surface area (Å²) in [5.41, 5.74) is 0.284. The number of rotatable bonds is 2. The number of para-hydroxylation sites is 1. The van der Waals surface area contributed by atoms with Gasteiger partial charge < -0.3 is 15.0 Å². The fourth-order valence-electron chi connectivity index (χ4n) is 3.44. The highest BCUT2D eigenvalue weighted by Gasteiger charge is 2.53. The number of benzene rings is 1. The first-order valence-electron chi connectivity index (χ1n) is 7.71. The summed E-state index contributed by atoms with van der Waals surface area (Å²) >= 11 is 5.43. The lowest BCUT2D eigenvalue weighted by Crippen LogP contribution is -2.60. The molecular weight excluding hydrogens is 308 g/mol. The molecule has 0 bridgehead atoms. The van der Waals surface area contributed by atoms with Gasteiger partial charge in [0.2, 0.25) is 0 Å². The van der Waals surface area contributed by atoms with Crippen LogP contribution in [0.1, 0.15) is 26.7 Å². The first-order chi connectivity index (χ1) is 11.0. The van der Waals surface area contributed by atoms with Gasteiger partial charge in [-0.3, -0.25) is 0 Å². The molecule has 5 nitrogen and oxygen atoms in total. The van der Waals surface area contributed by atoms with Crippen LogP contribution in [-0.4, -0.2) is 40.1 Å². The van der Waals surface area contributed by atoms with Crippen LogP contribution in [0.5, 0.6) is 0 Å². The number of nitrogens with zero attached hydrogens (tertiary/aromatic N) is 3. The smallest absolute Gasteiger partial charge is 0.198 e. The van der Waals surface area contributed by atoms with Crippen molar-refractivity contribution in [2.75, 3.05) is 18.5 Å². The summed E-state index contributed by atoms with van der Waals surface area (Å²) in [6.45, 7) is 4.99. The summed E-state index contributed by atoms with van der Waals surface area (Å²) in [7, 11) is 0. The van der Waals surface area contributed by atoms with E-state index in [4.69, 9.17) is 17.0 Å². The van der Waals surface area contributed by atoms with E-state index in [1.54, 1.807) is 0 Å². The third-order valence-corrected chi connectivity index (χ3v) is 4.70. The lowest BCUT2D eigenvalue weighted by atomic mass is 9.79. The maximum Gasteiger partial charge on any atom is 0.198 e. The number of amidine groups is 1. The Hall–Kier alpha value is -1.97. The molecule has 3 rings (SSSR count). The third-order valence-electron chi connectivity index (χ3n) is 4.39. The lowest BCUT2D eigenvalue weighted by molar-refractivity contribution is -0.0857. The number of hydrogen-bond acceptors (Lipinski definition) is 4. The average Bonchev–Trinajstić information content (AvgIpc) is 2.73. The van der Waals surface area contributed by atoms with Gasteiger partial charge in [0.15, 0.2) is 5.11 Å². The summed E-state index contributed by atoms with van der Waals surface area (Å²) in [6, 6.07) is 12.1. The van der Waals surface area contributed by atoms with Crippen molar-refractivity contribution in [2.24, 2.45) is 4.99 Å². The molecule has 0 amide bonds. The van der Waals surface area contributed by atoms with Crippen molar-refractivity contribution in [2.45, 2.75) is 37.8 Å². The molecule has 2 heterocycles. The fourth-order valence-corrected chi connectivity index (χ4v) is 3.77. The molecule has 1 N–H and O–H groups in total. The Bertz CT molecular complexity index is 680. The van der Waals surface area contributed by atoms with E-state index < -0.39 is 5.54 Å². The zero-order valence-electron chi connectivity index (χ0n) is 13.4. The standard InChI is InChI=1S/C17H20N4OS/c1-16(2)12-17(8-11-22-16)14(19-13-6-4-3-5-7-13)20-15(23)21(17)10-9-18/h3-7H,8,10-12H2,1-2H3,(H,19,20,23)/t17-/m0/s1. The number of aliphatic imine (C=N–C) groups is 1. The zero-order valence-corrected chi connectivity index (χ0v) is 14.2. The second-order valence-corrected chi connectivity index (χ2v) is 6.91. The van der Waals surface area contributed by atoms with Crippen LogP contribution in [0.3, 0.4) is 0 Å². The molecule has 0 aliphatic carbocycles. The van der Waals surface area contributed by atoms with Crippen molar-refractivity contribution in [3.05, 3.63) is 30.3 Å². The molecular formula is C17H20N4OS. The molecule has 0 aromatic heterocycles. The number of anilines is 1. The first kappa shape index (κ1) is 15.9. The highest BCUT2D eigenvalue weighted by atomic mass is 32.1. The molecule has 1 saturated heterocycles. The van der Waals surface area contributed by atoms with Crippen LogP contribution in [0.25, 0.3) is 0 Å². The maximum atomic E-state index is 9.21. The fraction of sp³-hybridized carbons (Fsp3) is 0.471. The first-order valence-corrected chi connectivity index (χ1v) is 8.11. The van der Waals surface area contributed by atoms with Crippen LogP contribution < -0.4 is 5.32 Å². The van der Waals surface area contributed by atoms with Crippen molar-refractivity contribution >= 4 is 28.9 Å². The predicted molar refractivity (Wildman–Crippen MR) is 94.4 cm³/mol. The highest BCUT2D eigenvalue weighted by Crippen LogP contribution is 2.41. The molecule has 1 atom stereocenters. The van der Waals surface area contributed by atoms with Gasteiger partial charge in [0, 0.05) is 25.1 Å². The van der Waals surface area contributed by atoms with Crippen LogP contribution in [0.2, 0.25) is 0 Å². The molecule has 1 fully saturated rings. The van der Waals surface area contributed by atoms with Crippen LogP contribution >= 0.6 is 12.2 Å². The Morgan fingerprint density at radius 1 is 1.39 bits per heavy atom. The number of thiocarbonyl (C=S) groups is 1. The number of ether oxygens (including phenoxy) is 1. The van der Waals surface area contributed by atoms with E-state index in [9.17, 15) is 5.26 Å². The average molecular weight is 328 g/mol. The van der Waals surface area contributed by atoms with Gasteiger partial charge in [-0.1, -0.05) is 18.2 Å². The van der Waals surface area contributed by atoms with Gasteiger partial charge in [-0.2, -0.15) is 5.26 Å². The van der Waals surface area contributed by atoms with Crippen LogP contribution in [-0.2, 0) is 4.74 Å². The zero-order chi connectivity index (χ0) is 16.5. The van der Waals surface area contributed by atoms with Crippen molar-refractivity contribution in [3.8, 4) is 6.07 Å². The van der Waals surface area contributed by atoms with Crippen molar-refractivity contribution in [3.63, 3.8) is 0 Å². The number of hydrogen-bond donors (Lipinski definition) is 1. The van der Waals surface area contributed by atoms with Gasteiger partial charge in [-0.15, -0.1) is 0 Å². The lowest BCUT2D eigenvalue weighted by Gasteiger charge is -2.47. The Kier molecular flexibility index (Phi) is 4.09. The molecule has 1 aromatic rings. The molecule has 2 aliphatic rings. The van der Waals surface area contributed by atoms with Crippen molar-refractivity contribution in [1.29, 1.82) is 5.26 Å². The monoisotopic (exact) mass is 328 g/mol. The minimum Gasteiger partial charge on any atom is -0.375 e. The molecule has 23 heavy (non-hydrogen) atoms. The van der Waals surface area contributed by atoms with E-state index in [2.05, 4.69) is 30.2 Å². The maximum absolute atomic E-state index is 9.21. The van der Waals surface area contributed by atoms with E-state index in [0.717, 1.165) is 24.4 Å². The van der Waals surface area contributed by atoms with Gasteiger partial charge in [-0.05, 0) is 38.2 Å². The van der Waals surface area contributed by atoms with Gasteiger partial charge in [0.1, 0.15) is 17.9 Å². The van der Waals surface area contributed by atoms with E-state index in [1.165, 1.54) is 0 Å². The van der Waals surface area contributed by atoms with Gasteiger partial charge >= 0.3 is 0 Å².